The number of hydrogen-bond acceptors (Lipinski definition) is 6. The normalized spacial score (nSPS) is 11.7. The van der Waals surface area contributed by atoms with E-state index in [1.165, 1.54) is 0 Å². The minimum atomic E-state index is -0.888. The van der Waals surface area contributed by atoms with Crippen molar-refractivity contribution in [3.05, 3.63) is 0 Å². The summed E-state index contributed by atoms with van der Waals surface area (Å²) in [4.78, 5) is 39.0. The predicted octanol–water partition coefficient (Wildman–Crippen LogP) is -0.0636. The maximum absolute atomic E-state index is 12.0. The molecule has 24 heavy (non-hydrogen) atoms. The van der Waals surface area contributed by atoms with Crippen LogP contribution in [-0.4, -0.2) is 102 Å². The van der Waals surface area contributed by atoms with Gasteiger partial charge in [-0.05, 0) is 13.6 Å². The van der Waals surface area contributed by atoms with Gasteiger partial charge in [0.05, 0.1) is 19.6 Å². The first-order chi connectivity index (χ1) is 11.1. The van der Waals surface area contributed by atoms with Gasteiger partial charge in [0, 0.05) is 32.1 Å². The molecular formula is C16H31N3O5. The number of ketones is 1. The van der Waals surface area contributed by atoms with E-state index < -0.39 is 11.9 Å². The van der Waals surface area contributed by atoms with E-state index >= 15 is 0 Å². The number of rotatable bonds is 14. The van der Waals surface area contributed by atoms with Crippen molar-refractivity contribution in [2.45, 2.75) is 20.8 Å². The largest absolute Gasteiger partial charge is 0.480 e. The van der Waals surface area contributed by atoms with Crippen molar-refractivity contribution in [1.29, 1.82) is 0 Å². The molecule has 0 unspecified atom stereocenters. The Hall–Kier alpha value is -1.51. The molecule has 2 N–H and O–H groups in total. The van der Waals surface area contributed by atoms with Gasteiger partial charge < -0.3 is 10.2 Å². The van der Waals surface area contributed by atoms with Crippen LogP contribution in [0.25, 0.3) is 0 Å². The van der Waals surface area contributed by atoms with Gasteiger partial charge >= 0.3 is 11.9 Å². The van der Waals surface area contributed by atoms with E-state index in [0.29, 0.717) is 39.3 Å². The molecule has 0 rings (SSSR count). The summed E-state index contributed by atoms with van der Waals surface area (Å²) >= 11 is 0. The Kier molecular flexibility index (Phi) is 11.2. The molecule has 0 aromatic carbocycles. The quantitative estimate of drug-likeness (QED) is 0.451. The number of aliphatic carboxylic acids is 2. The molecule has 8 nitrogen and oxygen atoms in total. The molecule has 0 aromatic rings. The molecule has 0 fully saturated rings. The highest BCUT2D eigenvalue weighted by Crippen LogP contribution is 2.00. The van der Waals surface area contributed by atoms with Crippen LogP contribution in [0.4, 0.5) is 0 Å². The van der Waals surface area contributed by atoms with Gasteiger partial charge in [-0.25, -0.2) is 0 Å². The third kappa shape index (κ3) is 11.1. The highest BCUT2D eigenvalue weighted by Gasteiger charge is 2.16. The predicted molar refractivity (Wildman–Crippen MR) is 91.2 cm³/mol. The summed E-state index contributed by atoms with van der Waals surface area (Å²) in [5, 5.41) is 17.7. The molecule has 140 valence electrons. The van der Waals surface area contributed by atoms with Gasteiger partial charge in [-0.3, -0.25) is 29.1 Å². The first-order valence-corrected chi connectivity index (χ1v) is 8.25. The zero-order valence-electron chi connectivity index (χ0n) is 15.2. The van der Waals surface area contributed by atoms with Gasteiger partial charge in [-0.2, -0.15) is 0 Å². The van der Waals surface area contributed by atoms with Crippen LogP contribution in [0.1, 0.15) is 20.8 Å². The Balaban J connectivity index is 4.59. The number of carbonyl (C=O) groups is 3. The van der Waals surface area contributed by atoms with E-state index in [2.05, 4.69) is 0 Å². The van der Waals surface area contributed by atoms with E-state index in [1.807, 2.05) is 25.7 Å². The smallest absolute Gasteiger partial charge is 0.317 e. The maximum Gasteiger partial charge on any atom is 0.317 e. The topological polar surface area (TPSA) is 101 Å². The van der Waals surface area contributed by atoms with Crippen molar-refractivity contribution in [2.75, 3.05) is 59.4 Å². The Morgan fingerprint density at radius 3 is 1.79 bits per heavy atom. The number of likely N-dealkylation sites (N-methyl/N-ethyl adjacent to an activating group) is 2. The van der Waals surface area contributed by atoms with Crippen LogP contribution in [0.2, 0.25) is 0 Å². The van der Waals surface area contributed by atoms with Gasteiger partial charge in [0.25, 0.3) is 0 Å². The SMILES string of the molecule is CCN(CCN(CCN(C)CC(=O)O)CC(=O)C(C)C)CC(=O)O. The summed E-state index contributed by atoms with van der Waals surface area (Å²) in [5.74, 6) is -1.70. The highest BCUT2D eigenvalue weighted by atomic mass is 16.4. The number of hydrogen-bond donors (Lipinski definition) is 2. The molecule has 0 aliphatic heterocycles. The first kappa shape index (κ1) is 22.5. The third-order valence-corrected chi connectivity index (χ3v) is 3.77. The number of carboxylic acids is 2. The summed E-state index contributed by atoms with van der Waals surface area (Å²) in [6, 6.07) is 0. The van der Waals surface area contributed by atoms with E-state index in [0.717, 1.165) is 0 Å². The van der Waals surface area contributed by atoms with Crippen molar-refractivity contribution in [3.63, 3.8) is 0 Å². The summed E-state index contributed by atoms with van der Waals surface area (Å²) in [7, 11) is 1.72. The average Bonchev–Trinajstić information content (AvgIpc) is 2.46. The zero-order valence-corrected chi connectivity index (χ0v) is 15.2. The van der Waals surface area contributed by atoms with Crippen LogP contribution < -0.4 is 0 Å². The molecule has 0 aliphatic carbocycles. The summed E-state index contributed by atoms with van der Waals surface area (Å²) in [5.41, 5.74) is 0. The molecule has 0 bridgehead atoms. The second kappa shape index (κ2) is 11.9. The van der Waals surface area contributed by atoms with E-state index in [4.69, 9.17) is 10.2 Å². The van der Waals surface area contributed by atoms with Crippen LogP contribution in [0.3, 0.4) is 0 Å². The van der Waals surface area contributed by atoms with Crippen LogP contribution in [0.15, 0.2) is 0 Å². The lowest BCUT2D eigenvalue weighted by atomic mass is 10.1. The standard InChI is InChI=1S/C16H31N3O5/c1-5-18(12-16(23)24)8-9-19(10-14(20)13(2)3)7-6-17(4)11-15(21)22/h13H,5-12H2,1-4H3,(H,21,22)(H,23,24). The van der Waals surface area contributed by atoms with Gasteiger partial charge in [0.15, 0.2) is 0 Å². The monoisotopic (exact) mass is 345 g/mol. The minimum Gasteiger partial charge on any atom is -0.480 e. The van der Waals surface area contributed by atoms with E-state index in [9.17, 15) is 14.4 Å². The lowest BCUT2D eigenvalue weighted by Gasteiger charge is -2.27. The van der Waals surface area contributed by atoms with Crippen molar-refractivity contribution in [3.8, 4) is 0 Å². The number of nitrogens with zero attached hydrogens (tertiary/aromatic N) is 3. The Bertz CT molecular complexity index is 415. The molecule has 0 aliphatic rings. The fourth-order valence-corrected chi connectivity index (χ4v) is 2.12. The summed E-state index contributed by atoms with van der Waals surface area (Å²) in [6.45, 7) is 8.65. The fourth-order valence-electron chi connectivity index (χ4n) is 2.12. The van der Waals surface area contributed by atoms with Gasteiger partial charge in [-0.15, -0.1) is 0 Å². The van der Waals surface area contributed by atoms with Gasteiger partial charge in [-0.1, -0.05) is 20.8 Å². The fraction of sp³-hybridized carbons (Fsp3) is 0.812. The summed E-state index contributed by atoms with van der Waals surface area (Å²) < 4.78 is 0. The first-order valence-electron chi connectivity index (χ1n) is 8.25. The van der Waals surface area contributed by atoms with Crippen molar-refractivity contribution >= 4 is 17.7 Å². The molecule has 0 saturated carbocycles. The second-order valence-electron chi connectivity index (χ2n) is 6.29. The van der Waals surface area contributed by atoms with Crippen molar-refractivity contribution in [2.24, 2.45) is 5.92 Å². The highest BCUT2D eigenvalue weighted by molar-refractivity contribution is 5.82. The second-order valence-corrected chi connectivity index (χ2v) is 6.29. The molecule has 0 amide bonds. The van der Waals surface area contributed by atoms with Gasteiger partial charge in [0.1, 0.15) is 5.78 Å². The Morgan fingerprint density at radius 1 is 0.833 bits per heavy atom. The summed E-state index contributed by atoms with van der Waals surface area (Å²) in [6.07, 6.45) is 0. The van der Waals surface area contributed by atoms with Crippen LogP contribution in [-0.2, 0) is 14.4 Å². The van der Waals surface area contributed by atoms with Crippen molar-refractivity contribution < 1.29 is 24.6 Å². The molecule has 0 radical (unpaired) electrons. The molecule has 0 atom stereocenters. The lowest BCUT2D eigenvalue weighted by molar-refractivity contribution is -0.139. The number of carboxylic acid groups (broad SMARTS) is 2. The molecule has 8 heteroatoms. The number of Topliss-reactive ketones (excluding diaryl/α,β-unsaturated/α-hetero) is 1. The number of carbonyl (C=O) groups excluding carboxylic acids is 1. The molecule has 0 spiro atoms. The van der Waals surface area contributed by atoms with Crippen LogP contribution in [0.5, 0.6) is 0 Å². The van der Waals surface area contributed by atoms with Crippen molar-refractivity contribution in [1.82, 2.24) is 14.7 Å². The average molecular weight is 345 g/mol. The van der Waals surface area contributed by atoms with Crippen LogP contribution >= 0.6 is 0 Å². The van der Waals surface area contributed by atoms with E-state index in [1.54, 1.807) is 16.8 Å². The molecule has 0 saturated heterocycles. The third-order valence-electron chi connectivity index (χ3n) is 3.77. The lowest BCUT2D eigenvalue weighted by Crippen LogP contribution is -2.43. The Morgan fingerprint density at radius 2 is 1.33 bits per heavy atom. The molecule has 0 heterocycles. The van der Waals surface area contributed by atoms with Gasteiger partial charge in [0.2, 0.25) is 0 Å². The van der Waals surface area contributed by atoms with Crippen LogP contribution in [0, 0.1) is 5.92 Å². The maximum atomic E-state index is 12.0. The van der Waals surface area contributed by atoms with E-state index in [-0.39, 0.29) is 24.8 Å². The molecule has 0 aromatic heterocycles. The Labute approximate surface area is 144 Å². The minimum absolute atomic E-state index is 0.0264. The zero-order chi connectivity index (χ0) is 18.7. The molecular weight excluding hydrogens is 314 g/mol.